The second-order valence-corrected chi connectivity index (χ2v) is 8.85. The van der Waals surface area contributed by atoms with Crippen LogP contribution in [0.4, 0.5) is 5.13 Å². The first-order valence-corrected chi connectivity index (χ1v) is 11.0. The lowest BCUT2D eigenvalue weighted by molar-refractivity contribution is -0.116. The number of hydrogen-bond acceptors (Lipinski definition) is 5. The van der Waals surface area contributed by atoms with Crippen LogP contribution in [0.1, 0.15) is 16.8 Å². The SMILES string of the molecule is Cc1ccc2nc(NC(=O)Cn3c(=O)cc(C)c4c(C)nn(-c5ccccc5)c43)sc2c1. The number of para-hydroxylation sites is 1. The minimum atomic E-state index is -0.313. The highest BCUT2D eigenvalue weighted by atomic mass is 32.1. The number of carbonyl (C=O) groups is 1. The second kappa shape index (κ2) is 7.72. The Morgan fingerprint density at radius 1 is 1.06 bits per heavy atom. The standard InChI is InChI=1S/C24H21N5O2S/c1-14-9-10-18-19(11-14)32-24(25-18)26-20(30)13-28-21(31)12-15(2)22-16(3)27-29(23(22)28)17-7-5-4-6-8-17/h4-12H,13H2,1-3H3,(H,25,26,30). The molecule has 2 aromatic carbocycles. The van der Waals surface area contributed by atoms with Crippen LogP contribution < -0.4 is 10.9 Å². The zero-order chi connectivity index (χ0) is 22.4. The molecule has 1 N–H and O–H groups in total. The van der Waals surface area contributed by atoms with Gasteiger partial charge < -0.3 is 5.32 Å². The predicted molar refractivity (Wildman–Crippen MR) is 128 cm³/mol. The number of amides is 1. The van der Waals surface area contributed by atoms with Crippen molar-refractivity contribution in [2.45, 2.75) is 27.3 Å². The Hall–Kier alpha value is -3.78. The molecule has 32 heavy (non-hydrogen) atoms. The van der Waals surface area contributed by atoms with Crippen molar-refractivity contribution < 1.29 is 4.79 Å². The monoisotopic (exact) mass is 443 g/mol. The molecule has 0 aliphatic rings. The minimum absolute atomic E-state index is 0.136. The smallest absolute Gasteiger partial charge is 0.252 e. The third kappa shape index (κ3) is 3.48. The number of pyridine rings is 1. The molecule has 0 fully saturated rings. The Morgan fingerprint density at radius 3 is 2.62 bits per heavy atom. The number of nitrogens with one attached hydrogen (secondary N) is 1. The second-order valence-electron chi connectivity index (χ2n) is 7.82. The lowest BCUT2D eigenvalue weighted by Gasteiger charge is -2.12. The van der Waals surface area contributed by atoms with Crippen LogP contribution in [0.5, 0.6) is 0 Å². The third-order valence-corrected chi connectivity index (χ3v) is 6.32. The van der Waals surface area contributed by atoms with Crippen molar-refractivity contribution in [1.82, 2.24) is 19.3 Å². The van der Waals surface area contributed by atoms with E-state index in [1.807, 2.05) is 69.3 Å². The van der Waals surface area contributed by atoms with E-state index in [1.54, 1.807) is 10.7 Å². The molecule has 3 heterocycles. The minimum Gasteiger partial charge on any atom is -0.300 e. The molecule has 1 amide bonds. The first kappa shape index (κ1) is 20.1. The van der Waals surface area contributed by atoms with E-state index in [4.69, 9.17) is 0 Å². The van der Waals surface area contributed by atoms with Crippen LogP contribution in [0.2, 0.25) is 0 Å². The van der Waals surface area contributed by atoms with Gasteiger partial charge in [-0.2, -0.15) is 5.10 Å². The summed E-state index contributed by atoms with van der Waals surface area (Å²) in [5.41, 5.74) is 4.79. The largest absolute Gasteiger partial charge is 0.300 e. The third-order valence-electron chi connectivity index (χ3n) is 5.38. The van der Waals surface area contributed by atoms with E-state index >= 15 is 0 Å². The van der Waals surface area contributed by atoms with Crippen LogP contribution in [0.15, 0.2) is 59.4 Å². The van der Waals surface area contributed by atoms with Gasteiger partial charge >= 0.3 is 0 Å². The summed E-state index contributed by atoms with van der Waals surface area (Å²) in [6.45, 7) is 5.68. The van der Waals surface area contributed by atoms with Gasteiger partial charge in [0, 0.05) is 11.5 Å². The Balaban J connectivity index is 1.56. The fraction of sp³-hybridized carbons (Fsp3) is 0.167. The van der Waals surface area contributed by atoms with E-state index in [9.17, 15) is 9.59 Å². The Morgan fingerprint density at radius 2 is 1.84 bits per heavy atom. The van der Waals surface area contributed by atoms with E-state index in [0.717, 1.165) is 38.1 Å². The lowest BCUT2D eigenvalue weighted by atomic mass is 10.1. The van der Waals surface area contributed by atoms with Gasteiger partial charge in [-0.3, -0.25) is 14.2 Å². The molecule has 0 spiro atoms. The van der Waals surface area contributed by atoms with Gasteiger partial charge in [0.25, 0.3) is 5.56 Å². The van der Waals surface area contributed by atoms with Gasteiger partial charge in [0.1, 0.15) is 12.2 Å². The highest BCUT2D eigenvalue weighted by molar-refractivity contribution is 7.22. The van der Waals surface area contributed by atoms with E-state index in [2.05, 4.69) is 15.4 Å². The van der Waals surface area contributed by atoms with Gasteiger partial charge in [-0.15, -0.1) is 0 Å². The molecule has 8 heteroatoms. The Bertz CT molecular complexity index is 1550. The van der Waals surface area contributed by atoms with Gasteiger partial charge in [-0.05, 0) is 56.2 Å². The molecule has 160 valence electrons. The highest BCUT2D eigenvalue weighted by Crippen LogP contribution is 2.27. The van der Waals surface area contributed by atoms with E-state index < -0.39 is 0 Å². The average Bonchev–Trinajstić information content (AvgIpc) is 3.31. The molecular weight excluding hydrogens is 422 g/mol. The first-order chi connectivity index (χ1) is 15.4. The van der Waals surface area contributed by atoms with Crippen molar-refractivity contribution in [2.75, 3.05) is 5.32 Å². The van der Waals surface area contributed by atoms with Crippen LogP contribution in [-0.2, 0) is 11.3 Å². The molecule has 5 rings (SSSR count). The van der Waals surface area contributed by atoms with Crippen LogP contribution in [-0.4, -0.2) is 25.2 Å². The molecule has 3 aromatic heterocycles. The summed E-state index contributed by atoms with van der Waals surface area (Å²) in [4.78, 5) is 30.4. The van der Waals surface area contributed by atoms with E-state index in [1.165, 1.54) is 15.9 Å². The molecule has 5 aromatic rings. The molecule has 0 bridgehead atoms. The number of carbonyl (C=O) groups excluding carboxylic acids is 1. The maximum absolute atomic E-state index is 12.9. The van der Waals surface area contributed by atoms with Gasteiger partial charge in [0.15, 0.2) is 5.13 Å². The number of thiazole rings is 1. The number of benzene rings is 2. The van der Waals surface area contributed by atoms with Crippen molar-refractivity contribution in [3.05, 3.63) is 81.8 Å². The molecule has 0 aliphatic heterocycles. The summed E-state index contributed by atoms with van der Waals surface area (Å²) in [5.74, 6) is -0.313. The van der Waals surface area contributed by atoms with Gasteiger partial charge in [-0.1, -0.05) is 35.6 Å². The molecule has 0 radical (unpaired) electrons. The topological polar surface area (TPSA) is 81.8 Å². The quantitative estimate of drug-likeness (QED) is 0.447. The van der Waals surface area contributed by atoms with Crippen LogP contribution in [0, 0.1) is 20.8 Å². The molecule has 0 unspecified atom stereocenters. The predicted octanol–water partition coefficient (Wildman–Crippen LogP) is 4.36. The average molecular weight is 444 g/mol. The van der Waals surface area contributed by atoms with Crippen molar-refractivity contribution in [1.29, 1.82) is 0 Å². The highest BCUT2D eigenvalue weighted by Gasteiger charge is 2.19. The number of nitrogens with zero attached hydrogens (tertiary/aromatic N) is 4. The summed E-state index contributed by atoms with van der Waals surface area (Å²) in [7, 11) is 0. The van der Waals surface area contributed by atoms with Crippen molar-refractivity contribution in [3.8, 4) is 5.69 Å². The Labute approximate surface area is 188 Å². The van der Waals surface area contributed by atoms with Crippen LogP contribution in [0.3, 0.4) is 0 Å². The van der Waals surface area contributed by atoms with E-state index in [-0.39, 0.29) is 18.0 Å². The molecule has 0 saturated heterocycles. The lowest BCUT2D eigenvalue weighted by Crippen LogP contribution is -2.28. The molecule has 0 atom stereocenters. The van der Waals surface area contributed by atoms with Gasteiger partial charge in [-0.25, -0.2) is 9.67 Å². The fourth-order valence-electron chi connectivity index (χ4n) is 3.96. The molecule has 0 aliphatic carbocycles. The van der Waals surface area contributed by atoms with Gasteiger partial charge in [0.2, 0.25) is 5.91 Å². The maximum Gasteiger partial charge on any atom is 0.252 e. The summed E-state index contributed by atoms with van der Waals surface area (Å²) in [6, 6.07) is 17.1. The van der Waals surface area contributed by atoms with Crippen molar-refractivity contribution in [2.24, 2.45) is 0 Å². The number of fused-ring (bicyclic) bond motifs is 2. The number of aryl methyl sites for hydroxylation is 3. The molecule has 0 saturated carbocycles. The van der Waals surface area contributed by atoms with Crippen molar-refractivity contribution >= 4 is 43.6 Å². The number of aromatic nitrogens is 4. The first-order valence-electron chi connectivity index (χ1n) is 10.2. The Kier molecular flexibility index (Phi) is 4.86. The number of hydrogen-bond donors (Lipinski definition) is 1. The zero-order valence-corrected chi connectivity index (χ0v) is 18.7. The summed E-state index contributed by atoms with van der Waals surface area (Å²) < 4.78 is 4.21. The number of anilines is 1. The summed E-state index contributed by atoms with van der Waals surface area (Å²) in [6.07, 6.45) is 0. The fourth-order valence-corrected chi connectivity index (χ4v) is 4.94. The van der Waals surface area contributed by atoms with E-state index in [0.29, 0.717) is 10.8 Å². The zero-order valence-electron chi connectivity index (χ0n) is 17.9. The number of rotatable bonds is 4. The summed E-state index contributed by atoms with van der Waals surface area (Å²) >= 11 is 1.42. The van der Waals surface area contributed by atoms with Gasteiger partial charge in [0.05, 0.1) is 21.6 Å². The molecule has 7 nitrogen and oxygen atoms in total. The summed E-state index contributed by atoms with van der Waals surface area (Å²) in [5, 5.41) is 8.90. The van der Waals surface area contributed by atoms with Crippen LogP contribution in [0.25, 0.3) is 26.9 Å². The molecular formula is C24H21N5O2S. The van der Waals surface area contributed by atoms with Crippen LogP contribution >= 0.6 is 11.3 Å². The maximum atomic E-state index is 12.9. The van der Waals surface area contributed by atoms with Crippen molar-refractivity contribution in [3.63, 3.8) is 0 Å². The normalized spacial score (nSPS) is 11.3.